The summed E-state index contributed by atoms with van der Waals surface area (Å²) in [4.78, 5) is 0. The minimum atomic E-state index is -0.334. The summed E-state index contributed by atoms with van der Waals surface area (Å²) in [5, 5.41) is 0. The third-order valence-corrected chi connectivity index (χ3v) is 4.06. The second kappa shape index (κ2) is 16.1. The molecule has 0 fully saturated rings. The lowest BCUT2D eigenvalue weighted by atomic mass is 10.2. The molecule has 0 aromatic heterocycles. The van der Waals surface area contributed by atoms with Crippen LogP contribution in [0.3, 0.4) is 0 Å². The van der Waals surface area contributed by atoms with Gasteiger partial charge in [-0.15, -0.1) is 0 Å². The zero-order chi connectivity index (χ0) is 24.5. The summed E-state index contributed by atoms with van der Waals surface area (Å²) in [5.41, 5.74) is 2.12. The lowest BCUT2D eigenvalue weighted by molar-refractivity contribution is 0.442. The Morgan fingerprint density at radius 3 is 1.39 bits per heavy atom. The summed E-state index contributed by atoms with van der Waals surface area (Å²) in [6.07, 6.45) is 0. The van der Waals surface area contributed by atoms with Gasteiger partial charge in [-0.1, -0.05) is 87.9 Å². The number of para-hydroxylation sites is 2. The molecule has 0 unspecified atom stereocenters. The molecule has 0 aliphatic carbocycles. The van der Waals surface area contributed by atoms with Crippen LogP contribution in [0.4, 0.5) is 4.39 Å². The maximum absolute atomic E-state index is 13.4. The number of rotatable bonds is 4. The van der Waals surface area contributed by atoms with E-state index in [0.29, 0.717) is 5.75 Å². The zero-order valence-electron chi connectivity index (χ0n) is 20.5. The van der Waals surface area contributed by atoms with Crippen molar-refractivity contribution in [2.75, 3.05) is 0 Å². The van der Waals surface area contributed by atoms with Gasteiger partial charge in [-0.05, 0) is 67.9 Å². The van der Waals surface area contributed by atoms with Gasteiger partial charge in [0.15, 0.2) is 11.6 Å². The quantitative estimate of drug-likeness (QED) is 0.310. The van der Waals surface area contributed by atoms with Crippen LogP contribution in [0, 0.1) is 19.7 Å². The highest BCUT2D eigenvalue weighted by Crippen LogP contribution is 2.24. The third-order valence-electron chi connectivity index (χ3n) is 4.06. The number of hydrogen-bond acceptors (Lipinski definition) is 2. The van der Waals surface area contributed by atoms with Crippen LogP contribution in [-0.4, -0.2) is 0 Å². The second-order valence-electron chi connectivity index (χ2n) is 6.58. The maximum atomic E-state index is 13.4. The van der Waals surface area contributed by atoms with Crippen LogP contribution in [-0.2, 0) is 0 Å². The Labute approximate surface area is 198 Å². The van der Waals surface area contributed by atoms with Gasteiger partial charge in [-0.2, -0.15) is 0 Å². The Bertz CT molecular complexity index is 1010. The summed E-state index contributed by atoms with van der Waals surface area (Å²) in [6, 6.07) is 31.9. The van der Waals surface area contributed by atoms with Gasteiger partial charge in [0.25, 0.3) is 0 Å². The maximum Gasteiger partial charge on any atom is 0.165 e. The lowest BCUT2D eigenvalue weighted by Crippen LogP contribution is -1.88. The molecule has 0 amide bonds. The molecule has 4 aromatic carbocycles. The largest absolute Gasteiger partial charge is 0.457 e. The monoisotopic (exact) mass is 446 g/mol. The molecule has 3 heteroatoms. The molecular formula is C30H35FO2. The van der Waals surface area contributed by atoms with E-state index in [9.17, 15) is 4.39 Å². The molecule has 4 aromatic rings. The van der Waals surface area contributed by atoms with Crippen molar-refractivity contribution in [1.82, 2.24) is 0 Å². The van der Waals surface area contributed by atoms with Gasteiger partial charge in [-0.3, -0.25) is 0 Å². The van der Waals surface area contributed by atoms with Crippen molar-refractivity contribution in [2.24, 2.45) is 0 Å². The van der Waals surface area contributed by atoms with Crippen LogP contribution >= 0.6 is 0 Å². The van der Waals surface area contributed by atoms with Gasteiger partial charge in [0.05, 0.1) is 0 Å². The Balaban J connectivity index is 0.000000288. The van der Waals surface area contributed by atoms with Crippen LogP contribution in [0.25, 0.3) is 0 Å². The molecule has 0 aliphatic heterocycles. The van der Waals surface area contributed by atoms with E-state index in [4.69, 9.17) is 9.47 Å². The van der Waals surface area contributed by atoms with Gasteiger partial charge in [0, 0.05) is 0 Å². The van der Waals surface area contributed by atoms with Crippen LogP contribution < -0.4 is 9.47 Å². The number of aryl methyl sites for hydroxylation is 2. The fraction of sp³-hybridized carbons (Fsp3) is 0.200. The summed E-state index contributed by atoms with van der Waals surface area (Å²) >= 11 is 0. The van der Waals surface area contributed by atoms with Crippen molar-refractivity contribution in [3.63, 3.8) is 0 Å². The van der Waals surface area contributed by atoms with Gasteiger partial charge in [0.2, 0.25) is 0 Å². The smallest absolute Gasteiger partial charge is 0.165 e. The molecule has 174 valence electrons. The lowest BCUT2D eigenvalue weighted by Gasteiger charge is -2.06. The average Bonchev–Trinajstić information content (AvgIpc) is 2.87. The molecule has 0 spiro atoms. The van der Waals surface area contributed by atoms with E-state index in [1.54, 1.807) is 18.2 Å². The molecule has 0 saturated heterocycles. The number of benzene rings is 4. The van der Waals surface area contributed by atoms with E-state index in [-0.39, 0.29) is 11.6 Å². The first-order chi connectivity index (χ1) is 16.1. The first-order valence-corrected chi connectivity index (χ1v) is 11.4. The second-order valence-corrected chi connectivity index (χ2v) is 6.58. The normalized spacial score (nSPS) is 9.06. The SMILES string of the molecule is CC.CC.Cc1ccc(Oc2ccccc2)c(F)c1.Cc1ccc(Oc2ccccc2)cc1. The highest BCUT2D eigenvalue weighted by molar-refractivity contribution is 5.34. The molecule has 0 N–H and O–H groups in total. The predicted molar refractivity (Wildman–Crippen MR) is 138 cm³/mol. The fourth-order valence-corrected chi connectivity index (χ4v) is 2.54. The van der Waals surface area contributed by atoms with Crippen molar-refractivity contribution >= 4 is 0 Å². The van der Waals surface area contributed by atoms with Crippen molar-refractivity contribution in [2.45, 2.75) is 41.5 Å². The number of hydrogen-bond donors (Lipinski definition) is 0. The van der Waals surface area contributed by atoms with Gasteiger partial charge in [-0.25, -0.2) is 4.39 Å². The first kappa shape index (κ1) is 27.4. The molecule has 0 heterocycles. The summed E-state index contributed by atoms with van der Waals surface area (Å²) in [6.45, 7) is 11.9. The van der Waals surface area contributed by atoms with Crippen LogP contribution in [0.15, 0.2) is 103 Å². The standard InChI is InChI=1S/C13H11FO.C13H12O.2C2H6/c1-10-7-8-13(12(14)9-10)15-11-5-3-2-4-6-11;1-11-7-9-13(10-8-11)14-12-5-3-2-4-6-12;2*1-2/h2-9H,1H3;2-10H,1H3;2*1-2H3. The molecule has 2 nitrogen and oxygen atoms in total. The molecule has 0 saturated carbocycles. The number of halogens is 1. The zero-order valence-corrected chi connectivity index (χ0v) is 20.5. The molecule has 0 bridgehead atoms. The third kappa shape index (κ3) is 10.5. The van der Waals surface area contributed by atoms with Crippen LogP contribution in [0.2, 0.25) is 0 Å². The summed E-state index contributed by atoms with van der Waals surface area (Å²) in [5.74, 6) is 2.31. The number of ether oxygens (including phenoxy) is 2. The topological polar surface area (TPSA) is 18.5 Å². The molecule has 4 rings (SSSR count). The minimum Gasteiger partial charge on any atom is -0.457 e. The molecule has 33 heavy (non-hydrogen) atoms. The highest BCUT2D eigenvalue weighted by Gasteiger charge is 2.03. The minimum absolute atomic E-state index is 0.256. The Hall–Kier alpha value is -3.59. The van der Waals surface area contributed by atoms with E-state index in [1.165, 1.54) is 11.6 Å². The molecular weight excluding hydrogens is 411 g/mol. The summed E-state index contributed by atoms with van der Waals surface area (Å²) < 4.78 is 24.4. The van der Waals surface area contributed by atoms with Crippen molar-refractivity contribution in [1.29, 1.82) is 0 Å². The van der Waals surface area contributed by atoms with Crippen molar-refractivity contribution in [3.8, 4) is 23.0 Å². The van der Waals surface area contributed by atoms with Crippen LogP contribution in [0.5, 0.6) is 23.0 Å². The van der Waals surface area contributed by atoms with E-state index >= 15 is 0 Å². The molecule has 0 radical (unpaired) electrons. The first-order valence-electron chi connectivity index (χ1n) is 11.4. The van der Waals surface area contributed by atoms with E-state index in [1.807, 2.05) is 113 Å². The Kier molecular flexibility index (Phi) is 13.4. The molecule has 0 atom stereocenters. The summed E-state index contributed by atoms with van der Waals surface area (Å²) in [7, 11) is 0. The predicted octanol–water partition coefficient (Wildman–Crippen LogP) is 9.77. The van der Waals surface area contributed by atoms with E-state index in [2.05, 4.69) is 6.92 Å². The molecule has 0 aliphatic rings. The van der Waals surface area contributed by atoms with Gasteiger partial charge in [0.1, 0.15) is 17.2 Å². The van der Waals surface area contributed by atoms with E-state index in [0.717, 1.165) is 17.1 Å². The van der Waals surface area contributed by atoms with Crippen molar-refractivity contribution < 1.29 is 13.9 Å². The van der Waals surface area contributed by atoms with E-state index < -0.39 is 0 Å². The van der Waals surface area contributed by atoms with Crippen molar-refractivity contribution in [3.05, 3.63) is 120 Å². The Morgan fingerprint density at radius 2 is 0.909 bits per heavy atom. The fourth-order valence-electron chi connectivity index (χ4n) is 2.54. The highest BCUT2D eigenvalue weighted by atomic mass is 19.1. The van der Waals surface area contributed by atoms with Crippen LogP contribution in [0.1, 0.15) is 38.8 Å². The average molecular weight is 447 g/mol. The Morgan fingerprint density at radius 1 is 0.485 bits per heavy atom. The van der Waals surface area contributed by atoms with Gasteiger partial charge < -0.3 is 9.47 Å². The van der Waals surface area contributed by atoms with Gasteiger partial charge >= 0.3 is 0 Å².